The molecule has 4 heteroatoms. The van der Waals surface area contributed by atoms with Crippen LogP contribution in [0.2, 0.25) is 0 Å². The Kier molecular flexibility index (Phi) is 3.73. The number of carboxylic acids is 1. The summed E-state index contributed by atoms with van der Waals surface area (Å²) in [6.45, 7) is 2.00. The van der Waals surface area contributed by atoms with Crippen LogP contribution >= 0.6 is 38.5 Å². The smallest absolute Gasteiger partial charge is 0.307 e. The normalized spacial score (nSPS) is 10.1. The van der Waals surface area contributed by atoms with Crippen molar-refractivity contribution in [2.45, 2.75) is 13.3 Å². The molecule has 0 aromatic heterocycles. The maximum absolute atomic E-state index is 10.5. The Morgan fingerprint density at radius 1 is 1.62 bits per heavy atom. The van der Waals surface area contributed by atoms with Crippen molar-refractivity contribution < 1.29 is 9.90 Å². The third kappa shape index (κ3) is 2.67. The summed E-state index contributed by atoms with van der Waals surface area (Å²) >= 11 is 5.59. The maximum atomic E-state index is 10.5. The molecule has 0 bridgehead atoms. The second-order valence-corrected chi connectivity index (χ2v) is 4.61. The van der Waals surface area contributed by atoms with Crippen molar-refractivity contribution >= 4 is 44.5 Å². The average molecular weight is 355 g/mol. The molecule has 1 aromatic carbocycles. The van der Waals surface area contributed by atoms with E-state index >= 15 is 0 Å². The van der Waals surface area contributed by atoms with Crippen molar-refractivity contribution in [2.24, 2.45) is 0 Å². The lowest BCUT2D eigenvalue weighted by Crippen LogP contribution is -2.02. The Hall–Kier alpha value is -0.100. The fourth-order valence-corrected chi connectivity index (χ4v) is 2.10. The molecule has 0 aliphatic rings. The van der Waals surface area contributed by atoms with Gasteiger partial charge in [0.25, 0.3) is 0 Å². The fourth-order valence-electron chi connectivity index (χ4n) is 0.985. The number of rotatable bonds is 2. The first kappa shape index (κ1) is 11.0. The molecule has 1 rings (SSSR count). The van der Waals surface area contributed by atoms with Crippen LogP contribution in [0, 0.1) is 10.5 Å². The van der Waals surface area contributed by atoms with Crippen LogP contribution in [0.25, 0.3) is 0 Å². The third-order valence-electron chi connectivity index (χ3n) is 1.70. The van der Waals surface area contributed by atoms with E-state index in [1.165, 1.54) is 0 Å². The van der Waals surface area contributed by atoms with Gasteiger partial charge in [0, 0.05) is 8.04 Å². The predicted molar refractivity (Wildman–Crippen MR) is 62.9 cm³/mol. The van der Waals surface area contributed by atoms with Gasteiger partial charge in [0.2, 0.25) is 0 Å². The van der Waals surface area contributed by atoms with E-state index in [1.54, 1.807) is 0 Å². The highest BCUT2D eigenvalue weighted by Gasteiger charge is 2.08. The van der Waals surface area contributed by atoms with Gasteiger partial charge in [-0.25, -0.2) is 0 Å². The molecule has 0 amide bonds. The Morgan fingerprint density at radius 2 is 2.23 bits per heavy atom. The first-order chi connectivity index (χ1) is 6.02. The van der Waals surface area contributed by atoms with Gasteiger partial charge in [0.05, 0.1) is 6.42 Å². The fraction of sp³-hybridized carbons (Fsp3) is 0.222. The third-order valence-corrected chi connectivity index (χ3v) is 4.73. The Balaban J connectivity index is 3.10. The van der Waals surface area contributed by atoms with Gasteiger partial charge in [-0.1, -0.05) is 12.1 Å². The van der Waals surface area contributed by atoms with Crippen LogP contribution in [0.1, 0.15) is 11.1 Å². The Morgan fingerprint density at radius 3 is 2.77 bits per heavy atom. The first-order valence-electron chi connectivity index (χ1n) is 3.67. The lowest BCUT2D eigenvalue weighted by Gasteiger charge is -2.06. The molecule has 1 aromatic rings. The maximum Gasteiger partial charge on any atom is 0.307 e. The summed E-state index contributed by atoms with van der Waals surface area (Å²) in [7, 11) is 0. The molecule has 0 saturated heterocycles. The summed E-state index contributed by atoms with van der Waals surface area (Å²) in [5.41, 5.74) is 1.98. The van der Waals surface area contributed by atoms with Crippen molar-refractivity contribution in [3.63, 3.8) is 0 Å². The van der Waals surface area contributed by atoms with E-state index in [-0.39, 0.29) is 6.42 Å². The second-order valence-electron chi connectivity index (χ2n) is 2.74. The van der Waals surface area contributed by atoms with Crippen LogP contribution in [-0.4, -0.2) is 11.1 Å². The van der Waals surface area contributed by atoms with E-state index < -0.39 is 5.97 Å². The predicted octanol–water partition coefficient (Wildman–Crippen LogP) is 2.99. The number of benzene rings is 1. The van der Waals surface area contributed by atoms with Gasteiger partial charge in [-0.05, 0) is 56.6 Å². The second kappa shape index (κ2) is 4.41. The lowest BCUT2D eigenvalue weighted by atomic mass is 10.1. The van der Waals surface area contributed by atoms with Gasteiger partial charge in [-0.2, -0.15) is 0 Å². The molecule has 0 spiro atoms. The topological polar surface area (TPSA) is 37.3 Å². The number of aryl methyl sites for hydroxylation is 1. The van der Waals surface area contributed by atoms with Gasteiger partial charge >= 0.3 is 5.97 Å². The van der Waals surface area contributed by atoms with Crippen molar-refractivity contribution in [1.29, 1.82) is 0 Å². The van der Waals surface area contributed by atoms with Gasteiger partial charge in [-0.15, -0.1) is 0 Å². The molecule has 0 aliphatic carbocycles. The van der Waals surface area contributed by atoms with Gasteiger partial charge in [0.1, 0.15) is 0 Å². The van der Waals surface area contributed by atoms with E-state index in [2.05, 4.69) is 38.5 Å². The number of hydrogen-bond acceptors (Lipinski definition) is 1. The van der Waals surface area contributed by atoms with Crippen molar-refractivity contribution in [1.82, 2.24) is 0 Å². The molecule has 0 radical (unpaired) electrons. The van der Waals surface area contributed by atoms with Crippen molar-refractivity contribution in [3.8, 4) is 0 Å². The molecule has 1 N–H and O–H groups in total. The first-order valence-corrected chi connectivity index (χ1v) is 5.55. The van der Waals surface area contributed by atoms with Gasteiger partial charge in [-0.3, -0.25) is 4.79 Å². The molecule has 0 atom stereocenters. The van der Waals surface area contributed by atoms with Gasteiger partial charge in [0.15, 0.2) is 0 Å². The molecule has 0 unspecified atom stereocenters. The summed E-state index contributed by atoms with van der Waals surface area (Å²) in [5, 5.41) is 8.63. The summed E-state index contributed by atoms with van der Waals surface area (Å²) in [6, 6.07) is 3.78. The highest BCUT2D eigenvalue weighted by Crippen LogP contribution is 2.26. The van der Waals surface area contributed by atoms with Crippen molar-refractivity contribution in [3.05, 3.63) is 31.3 Å². The molecule has 70 valence electrons. The minimum atomic E-state index is -0.805. The van der Waals surface area contributed by atoms with E-state index in [0.717, 1.165) is 19.2 Å². The number of carbonyl (C=O) groups is 1. The molecule has 2 nitrogen and oxygen atoms in total. The van der Waals surface area contributed by atoms with Crippen LogP contribution in [0.4, 0.5) is 0 Å². The number of halogens is 2. The zero-order valence-corrected chi connectivity index (χ0v) is 10.7. The number of aliphatic carboxylic acids is 1. The molecular weight excluding hydrogens is 347 g/mol. The van der Waals surface area contributed by atoms with Crippen LogP contribution in [-0.2, 0) is 11.2 Å². The Bertz CT molecular complexity index is 350. The molecule has 0 saturated carbocycles. The quantitative estimate of drug-likeness (QED) is 0.829. The standard InChI is InChI=1S/C9H8BrIO2/c1-5-2-3-6(4-7(12)13)8(10)9(5)11/h2-3H,4H2,1H3,(H,12,13). The van der Waals surface area contributed by atoms with Crippen LogP contribution in [0.5, 0.6) is 0 Å². The lowest BCUT2D eigenvalue weighted by molar-refractivity contribution is -0.136. The van der Waals surface area contributed by atoms with E-state index in [1.807, 2.05) is 19.1 Å². The van der Waals surface area contributed by atoms with Crippen LogP contribution < -0.4 is 0 Å². The zero-order valence-electron chi connectivity index (χ0n) is 6.97. The Labute approximate surface area is 98.6 Å². The largest absolute Gasteiger partial charge is 0.481 e. The zero-order chi connectivity index (χ0) is 10.0. The molecule has 0 fully saturated rings. The summed E-state index contributed by atoms with van der Waals surface area (Å²) in [4.78, 5) is 10.5. The van der Waals surface area contributed by atoms with Crippen LogP contribution in [0.15, 0.2) is 16.6 Å². The minimum absolute atomic E-state index is 0.0663. The summed E-state index contributed by atoms with van der Waals surface area (Å²) in [5.74, 6) is -0.805. The molecule has 13 heavy (non-hydrogen) atoms. The summed E-state index contributed by atoms with van der Waals surface area (Å²) in [6.07, 6.45) is 0.0663. The van der Waals surface area contributed by atoms with Crippen LogP contribution in [0.3, 0.4) is 0 Å². The monoisotopic (exact) mass is 354 g/mol. The highest BCUT2D eigenvalue weighted by molar-refractivity contribution is 14.1. The van der Waals surface area contributed by atoms with Gasteiger partial charge < -0.3 is 5.11 Å². The van der Waals surface area contributed by atoms with Crippen molar-refractivity contribution in [2.75, 3.05) is 0 Å². The minimum Gasteiger partial charge on any atom is -0.481 e. The van der Waals surface area contributed by atoms with E-state index in [9.17, 15) is 4.79 Å². The van der Waals surface area contributed by atoms with E-state index in [4.69, 9.17) is 5.11 Å². The average Bonchev–Trinajstić information content (AvgIpc) is 2.06. The molecule has 0 heterocycles. The molecule has 0 aliphatic heterocycles. The summed E-state index contributed by atoms with van der Waals surface area (Å²) < 4.78 is 1.98. The number of hydrogen-bond donors (Lipinski definition) is 1. The molecular formula is C9H8BrIO2. The highest BCUT2D eigenvalue weighted by atomic mass is 127. The van der Waals surface area contributed by atoms with E-state index in [0.29, 0.717) is 0 Å². The number of carboxylic acid groups (broad SMARTS) is 1. The SMILES string of the molecule is Cc1ccc(CC(=O)O)c(Br)c1I.